The fourth-order valence-corrected chi connectivity index (χ4v) is 6.20. The molecule has 1 aliphatic heterocycles. The maximum Gasteiger partial charge on any atom is 0.256 e. The lowest BCUT2D eigenvalue weighted by molar-refractivity contribution is 0.101. The molecular weight excluding hydrogens is 483 g/mol. The highest BCUT2D eigenvalue weighted by Crippen LogP contribution is 2.33. The number of sulfone groups is 1. The Labute approximate surface area is 207 Å². The van der Waals surface area contributed by atoms with Crippen LogP contribution in [0.1, 0.15) is 45.8 Å². The summed E-state index contributed by atoms with van der Waals surface area (Å²) < 4.78 is 40.5. The number of halogens is 1. The van der Waals surface area contributed by atoms with Gasteiger partial charge in [-0.3, -0.25) is 9.59 Å². The van der Waals surface area contributed by atoms with Crippen LogP contribution in [0, 0.1) is 12.7 Å². The molecule has 0 spiro atoms. The Morgan fingerprint density at radius 1 is 1.11 bits per heavy atom. The number of aromatic nitrogens is 3. The second-order valence-corrected chi connectivity index (χ2v) is 11.1. The predicted molar refractivity (Wildman–Crippen MR) is 134 cm³/mol. The van der Waals surface area contributed by atoms with Crippen LogP contribution in [-0.4, -0.2) is 46.4 Å². The molecule has 1 fully saturated rings. The van der Waals surface area contributed by atoms with Gasteiger partial charge in [0.1, 0.15) is 5.82 Å². The molecule has 2 aromatic carbocycles. The first kappa shape index (κ1) is 23.8. The third kappa shape index (κ3) is 4.39. The Kier molecular flexibility index (Phi) is 5.91. The predicted octanol–water partition coefficient (Wildman–Crippen LogP) is 4.36. The molecule has 5 rings (SSSR count). The van der Waals surface area contributed by atoms with Crippen LogP contribution in [0.15, 0.2) is 54.6 Å². The Morgan fingerprint density at radius 3 is 2.47 bits per heavy atom. The van der Waals surface area contributed by atoms with Crippen molar-refractivity contribution in [3.05, 3.63) is 77.2 Å². The van der Waals surface area contributed by atoms with Crippen molar-refractivity contribution in [1.29, 1.82) is 0 Å². The quantitative estimate of drug-likeness (QED) is 0.403. The second-order valence-electron chi connectivity index (χ2n) is 8.91. The van der Waals surface area contributed by atoms with Crippen LogP contribution in [0.3, 0.4) is 0 Å². The summed E-state index contributed by atoms with van der Waals surface area (Å²) in [5.41, 5.74) is 2.52. The van der Waals surface area contributed by atoms with E-state index in [1.54, 1.807) is 54.1 Å². The average Bonchev–Trinajstić information content (AvgIpc) is 3.37. The van der Waals surface area contributed by atoms with Crippen molar-refractivity contribution >= 4 is 38.2 Å². The molecule has 8 nitrogen and oxygen atoms in total. The summed E-state index contributed by atoms with van der Waals surface area (Å²) in [6, 6.07) is 13.7. The van der Waals surface area contributed by atoms with E-state index < -0.39 is 27.6 Å². The summed E-state index contributed by atoms with van der Waals surface area (Å²) in [5.74, 6) is -1.07. The molecule has 184 valence electrons. The van der Waals surface area contributed by atoms with Gasteiger partial charge in [0.15, 0.2) is 21.3 Å². The number of aryl methyl sites for hydroxylation is 1. The van der Waals surface area contributed by atoms with E-state index in [1.165, 1.54) is 19.1 Å². The van der Waals surface area contributed by atoms with E-state index in [-0.39, 0.29) is 34.1 Å². The molecule has 1 atom stereocenters. The van der Waals surface area contributed by atoms with Gasteiger partial charge >= 0.3 is 0 Å². The number of nitrogens with one attached hydrogen (secondary N) is 1. The smallest absolute Gasteiger partial charge is 0.256 e. The minimum absolute atomic E-state index is 0.0503. The van der Waals surface area contributed by atoms with E-state index in [0.717, 1.165) is 0 Å². The van der Waals surface area contributed by atoms with Crippen molar-refractivity contribution in [2.24, 2.45) is 0 Å². The normalized spacial score (nSPS) is 16.8. The minimum atomic E-state index is -3.20. The van der Waals surface area contributed by atoms with E-state index in [4.69, 9.17) is 0 Å². The van der Waals surface area contributed by atoms with E-state index in [2.05, 4.69) is 15.4 Å². The van der Waals surface area contributed by atoms with Crippen LogP contribution >= 0.6 is 0 Å². The molecule has 3 heterocycles. The number of Topliss-reactive ketones (excluding diaryl/α,β-unsaturated/α-hetero) is 1. The number of hydrogen-bond acceptors (Lipinski definition) is 6. The Hall–Kier alpha value is -3.92. The van der Waals surface area contributed by atoms with Crippen molar-refractivity contribution in [3.63, 3.8) is 0 Å². The largest absolute Gasteiger partial charge is 0.322 e. The Balaban J connectivity index is 1.65. The molecule has 1 N–H and O–H groups in total. The van der Waals surface area contributed by atoms with Crippen LogP contribution in [0.4, 0.5) is 10.1 Å². The molecule has 10 heteroatoms. The highest BCUT2D eigenvalue weighted by atomic mass is 32.2. The monoisotopic (exact) mass is 506 g/mol. The highest BCUT2D eigenvalue weighted by Gasteiger charge is 2.32. The molecule has 0 aliphatic carbocycles. The summed E-state index contributed by atoms with van der Waals surface area (Å²) in [6.07, 6.45) is 0.383. The molecule has 4 aromatic rings. The molecule has 0 radical (unpaired) electrons. The van der Waals surface area contributed by atoms with Gasteiger partial charge in [-0.15, -0.1) is 0 Å². The van der Waals surface area contributed by atoms with Gasteiger partial charge in [-0.2, -0.15) is 5.10 Å². The first-order valence-electron chi connectivity index (χ1n) is 11.4. The van der Waals surface area contributed by atoms with Gasteiger partial charge in [0, 0.05) is 16.8 Å². The highest BCUT2D eigenvalue weighted by molar-refractivity contribution is 7.91. The SMILES string of the molecule is CC(=O)c1ccc(NC(=O)c2cc(-c3ccccc3F)nc3c2c(C)nn3C2CCS(=O)(=O)C2)cc1. The number of hydrogen-bond donors (Lipinski definition) is 1. The van der Waals surface area contributed by atoms with Crippen LogP contribution in [0.2, 0.25) is 0 Å². The van der Waals surface area contributed by atoms with Gasteiger partial charge in [-0.25, -0.2) is 22.5 Å². The van der Waals surface area contributed by atoms with E-state index >= 15 is 0 Å². The molecule has 0 bridgehead atoms. The van der Waals surface area contributed by atoms with Gasteiger partial charge in [-0.05, 0) is 62.7 Å². The maximum atomic E-state index is 14.7. The minimum Gasteiger partial charge on any atom is -0.322 e. The van der Waals surface area contributed by atoms with Crippen LogP contribution in [0.25, 0.3) is 22.3 Å². The molecule has 1 saturated heterocycles. The number of nitrogens with zero attached hydrogens (tertiary/aromatic N) is 3. The standard InChI is InChI=1S/C26H23FN4O4S/c1-15-24-21(26(33)28-18-9-7-17(8-10-18)16(2)32)13-23(20-5-3-4-6-22(20)27)29-25(24)31(30-15)19-11-12-36(34,35)14-19/h3-10,13,19H,11-12,14H2,1-2H3,(H,28,33). The number of benzene rings is 2. The third-order valence-corrected chi connectivity index (χ3v) is 8.09. The molecular formula is C26H23FN4O4S. The van der Waals surface area contributed by atoms with E-state index in [0.29, 0.717) is 34.4 Å². The number of fused-ring (bicyclic) bond motifs is 1. The Morgan fingerprint density at radius 2 is 1.83 bits per heavy atom. The summed E-state index contributed by atoms with van der Waals surface area (Å²) in [4.78, 5) is 29.7. The van der Waals surface area contributed by atoms with Crippen molar-refractivity contribution in [2.75, 3.05) is 16.8 Å². The molecule has 36 heavy (non-hydrogen) atoms. The van der Waals surface area contributed by atoms with Gasteiger partial charge in [-0.1, -0.05) is 12.1 Å². The number of carbonyl (C=O) groups excluding carboxylic acids is 2. The zero-order valence-electron chi connectivity index (χ0n) is 19.7. The lowest BCUT2D eigenvalue weighted by atomic mass is 10.0. The van der Waals surface area contributed by atoms with Crippen molar-refractivity contribution in [3.8, 4) is 11.3 Å². The van der Waals surface area contributed by atoms with Gasteiger partial charge in [0.2, 0.25) is 0 Å². The number of rotatable bonds is 5. The van der Waals surface area contributed by atoms with E-state index in [9.17, 15) is 22.4 Å². The topological polar surface area (TPSA) is 111 Å². The summed E-state index contributed by atoms with van der Waals surface area (Å²) in [6.45, 7) is 3.19. The Bertz CT molecular complexity index is 1630. The maximum absolute atomic E-state index is 14.7. The molecule has 1 aliphatic rings. The second kappa shape index (κ2) is 8.94. The average molecular weight is 507 g/mol. The molecule has 0 saturated carbocycles. The first-order valence-corrected chi connectivity index (χ1v) is 13.2. The number of carbonyl (C=O) groups is 2. The number of ketones is 1. The first-order chi connectivity index (χ1) is 17.1. The van der Waals surface area contributed by atoms with Crippen LogP contribution < -0.4 is 5.32 Å². The third-order valence-electron chi connectivity index (χ3n) is 6.33. The molecule has 2 aromatic heterocycles. The van der Waals surface area contributed by atoms with Gasteiger partial charge in [0.25, 0.3) is 5.91 Å². The van der Waals surface area contributed by atoms with Crippen molar-refractivity contribution in [1.82, 2.24) is 14.8 Å². The zero-order chi connectivity index (χ0) is 25.6. The van der Waals surface area contributed by atoms with Gasteiger partial charge < -0.3 is 5.32 Å². The fourth-order valence-electron chi connectivity index (χ4n) is 4.51. The lowest BCUT2D eigenvalue weighted by Gasteiger charge is -2.13. The lowest BCUT2D eigenvalue weighted by Crippen LogP contribution is -2.15. The molecule has 1 amide bonds. The zero-order valence-corrected chi connectivity index (χ0v) is 20.5. The summed E-state index contributed by atoms with van der Waals surface area (Å²) in [5, 5.41) is 7.85. The molecule has 1 unspecified atom stereocenters. The number of amides is 1. The summed E-state index contributed by atoms with van der Waals surface area (Å²) in [7, 11) is -3.20. The van der Waals surface area contributed by atoms with Crippen LogP contribution in [-0.2, 0) is 9.84 Å². The number of pyridine rings is 1. The fraction of sp³-hybridized carbons (Fsp3) is 0.231. The summed E-state index contributed by atoms with van der Waals surface area (Å²) >= 11 is 0. The van der Waals surface area contributed by atoms with Gasteiger partial charge in [0.05, 0.1) is 39.9 Å². The van der Waals surface area contributed by atoms with Crippen molar-refractivity contribution in [2.45, 2.75) is 26.3 Å². The van der Waals surface area contributed by atoms with Crippen molar-refractivity contribution < 1.29 is 22.4 Å². The van der Waals surface area contributed by atoms with Crippen LogP contribution in [0.5, 0.6) is 0 Å². The van der Waals surface area contributed by atoms with E-state index in [1.807, 2.05) is 0 Å². The number of anilines is 1.